The van der Waals surface area contributed by atoms with Crippen molar-refractivity contribution in [1.29, 1.82) is 0 Å². The molecule has 1 saturated heterocycles. The number of nitrogens with one attached hydrogen (secondary N) is 1. The molecule has 1 N–H and O–H groups in total. The smallest absolute Gasteiger partial charge is 0.255 e. The first-order valence-electron chi connectivity index (χ1n) is 13.9. The molecule has 0 aromatic heterocycles. The molecule has 1 amide bonds. The van der Waals surface area contributed by atoms with Gasteiger partial charge in [0.2, 0.25) is 0 Å². The Labute approximate surface area is 234 Å². The predicted molar refractivity (Wildman–Crippen MR) is 161 cm³/mol. The van der Waals surface area contributed by atoms with E-state index in [4.69, 9.17) is 0 Å². The fourth-order valence-electron chi connectivity index (χ4n) is 5.82. The van der Waals surface area contributed by atoms with Gasteiger partial charge in [-0.1, -0.05) is 49.4 Å². The van der Waals surface area contributed by atoms with Gasteiger partial charge in [0, 0.05) is 62.2 Å². The van der Waals surface area contributed by atoms with Crippen molar-refractivity contribution >= 4 is 29.7 Å². The topological polar surface area (TPSA) is 38.8 Å². The summed E-state index contributed by atoms with van der Waals surface area (Å²) in [7, 11) is 0. The second kappa shape index (κ2) is 13.8. The van der Waals surface area contributed by atoms with Gasteiger partial charge in [-0.3, -0.25) is 14.6 Å². The van der Waals surface area contributed by atoms with Crippen LogP contribution in [0, 0.1) is 0 Å². The van der Waals surface area contributed by atoms with Gasteiger partial charge in [0.1, 0.15) is 0 Å². The number of aryl methyl sites for hydroxylation is 1. The van der Waals surface area contributed by atoms with Crippen molar-refractivity contribution in [2.24, 2.45) is 0 Å². The SMILES string of the molecule is CCCN(CCN1CCN(c2ccccc2)CC1)C1CCc2ccc(NC(=O)c3ccccc3)cc2C1.Cl. The van der Waals surface area contributed by atoms with Gasteiger partial charge in [0.05, 0.1) is 0 Å². The van der Waals surface area contributed by atoms with Gasteiger partial charge in [-0.15, -0.1) is 12.4 Å². The minimum Gasteiger partial charge on any atom is -0.369 e. The molecule has 2 aliphatic rings. The average Bonchev–Trinajstić information content (AvgIpc) is 2.96. The summed E-state index contributed by atoms with van der Waals surface area (Å²) in [4.78, 5) is 20.5. The summed E-state index contributed by atoms with van der Waals surface area (Å²) < 4.78 is 0. The van der Waals surface area contributed by atoms with Gasteiger partial charge in [-0.05, 0) is 79.8 Å². The van der Waals surface area contributed by atoms with E-state index in [2.05, 4.69) is 75.5 Å². The van der Waals surface area contributed by atoms with Crippen LogP contribution in [0.5, 0.6) is 0 Å². The number of amides is 1. The molecule has 5 nitrogen and oxygen atoms in total. The lowest BCUT2D eigenvalue weighted by atomic mass is 9.87. The number of hydrogen-bond acceptors (Lipinski definition) is 4. The predicted octanol–water partition coefficient (Wildman–Crippen LogP) is 5.75. The first-order valence-corrected chi connectivity index (χ1v) is 13.9. The van der Waals surface area contributed by atoms with Crippen LogP contribution in [0.2, 0.25) is 0 Å². The first-order chi connectivity index (χ1) is 18.2. The highest BCUT2D eigenvalue weighted by Gasteiger charge is 2.25. The third-order valence-corrected chi connectivity index (χ3v) is 7.93. The Bertz CT molecular complexity index is 1150. The summed E-state index contributed by atoms with van der Waals surface area (Å²) in [5, 5.41) is 3.10. The molecular weight excluding hydrogens is 492 g/mol. The first kappa shape index (κ1) is 28.2. The molecule has 0 radical (unpaired) electrons. The highest BCUT2D eigenvalue weighted by molar-refractivity contribution is 6.04. The molecule has 5 rings (SSSR count). The van der Waals surface area contributed by atoms with E-state index in [0.717, 1.165) is 64.3 Å². The third-order valence-electron chi connectivity index (χ3n) is 7.93. The lowest BCUT2D eigenvalue weighted by Gasteiger charge is -2.39. The fourth-order valence-corrected chi connectivity index (χ4v) is 5.82. The summed E-state index contributed by atoms with van der Waals surface area (Å²) in [6, 6.07) is 27.3. The second-order valence-electron chi connectivity index (χ2n) is 10.4. The number of fused-ring (bicyclic) bond motifs is 1. The Kier molecular flexibility index (Phi) is 10.2. The Morgan fingerprint density at radius 2 is 1.61 bits per heavy atom. The maximum Gasteiger partial charge on any atom is 0.255 e. The molecule has 3 aromatic rings. The van der Waals surface area contributed by atoms with Crippen LogP contribution in [0.25, 0.3) is 0 Å². The number of nitrogens with zero attached hydrogens (tertiary/aromatic N) is 3. The molecule has 1 aliphatic carbocycles. The molecule has 0 spiro atoms. The number of carbonyl (C=O) groups excluding carboxylic acids is 1. The maximum atomic E-state index is 12.6. The number of halogens is 1. The largest absolute Gasteiger partial charge is 0.369 e. The molecule has 0 bridgehead atoms. The van der Waals surface area contributed by atoms with E-state index in [1.807, 2.05) is 30.3 Å². The number of hydrogen-bond donors (Lipinski definition) is 1. The van der Waals surface area contributed by atoms with E-state index in [0.29, 0.717) is 11.6 Å². The highest BCUT2D eigenvalue weighted by Crippen LogP contribution is 2.28. The number of piperazine rings is 1. The van der Waals surface area contributed by atoms with Gasteiger partial charge < -0.3 is 10.2 Å². The Hall–Kier alpha value is -2.86. The molecule has 0 saturated carbocycles. The lowest BCUT2D eigenvalue weighted by Crippen LogP contribution is -2.50. The van der Waals surface area contributed by atoms with Gasteiger partial charge in [-0.2, -0.15) is 0 Å². The van der Waals surface area contributed by atoms with Gasteiger partial charge in [-0.25, -0.2) is 0 Å². The Morgan fingerprint density at radius 3 is 2.32 bits per heavy atom. The molecule has 1 aliphatic heterocycles. The molecule has 6 heteroatoms. The average molecular weight is 533 g/mol. The summed E-state index contributed by atoms with van der Waals surface area (Å²) in [6.07, 6.45) is 4.57. The summed E-state index contributed by atoms with van der Waals surface area (Å²) in [5.74, 6) is -0.0483. The number of benzene rings is 3. The second-order valence-corrected chi connectivity index (χ2v) is 10.4. The summed E-state index contributed by atoms with van der Waals surface area (Å²) in [5.41, 5.74) is 5.75. The fraction of sp³-hybridized carbons (Fsp3) is 0.406. The zero-order valence-corrected chi connectivity index (χ0v) is 23.3. The van der Waals surface area contributed by atoms with Crippen molar-refractivity contribution in [3.05, 3.63) is 95.6 Å². The lowest BCUT2D eigenvalue weighted by molar-refractivity contribution is 0.102. The van der Waals surface area contributed by atoms with Crippen molar-refractivity contribution in [2.45, 2.75) is 38.6 Å². The van der Waals surface area contributed by atoms with Crippen molar-refractivity contribution in [3.63, 3.8) is 0 Å². The van der Waals surface area contributed by atoms with Crippen LogP contribution < -0.4 is 10.2 Å². The van der Waals surface area contributed by atoms with Crippen LogP contribution in [0.1, 0.15) is 41.3 Å². The highest BCUT2D eigenvalue weighted by atomic mass is 35.5. The van der Waals surface area contributed by atoms with E-state index in [-0.39, 0.29) is 18.3 Å². The quantitative estimate of drug-likeness (QED) is 0.381. The summed E-state index contributed by atoms with van der Waals surface area (Å²) >= 11 is 0. The van der Waals surface area contributed by atoms with Crippen LogP contribution in [0.4, 0.5) is 11.4 Å². The minimum atomic E-state index is -0.0483. The van der Waals surface area contributed by atoms with Crippen LogP contribution in [-0.2, 0) is 12.8 Å². The molecule has 1 atom stereocenters. The van der Waals surface area contributed by atoms with Crippen molar-refractivity contribution in [2.75, 3.05) is 56.0 Å². The number of anilines is 2. The molecular formula is C32H41ClN4O. The van der Waals surface area contributed by atoms with E-state index >= 15 is 0 Å². The van der Waals surface area contributed by atoms with E-state index < -0.39 is 0 Å². The van der Waals surface area contributed by atoms with Crippen LogP contribution in [0.15, 0.2) is 78.9 Å². The zero-order valence-electron chi connectivity index (χ0n) is 22.5. The normalized spacial score (nSPS) is 17.5. The summed E-state index contributed by atoms with van der Waals surface area (Å²) in [6.45, 7) is 10.2. The van der Waals surface area contributed by atoms with E-state index in [1.54, 1.807) is 0 Å². The molecule has 202 valence electrons. The standard InChI is InChI=1S/C32H40N4O.ClH/c1-2-17-35(21-18-34-19-22-36(23-20-34)30-11-7-4-8-12-30)31-16-14-26-13-15-29(24-28(26)25-31)33-32(37)27-9-5-3-6-10-27;/h3-13,15,24,31H,2,14,16-23,25H2,1H3,(H,33,37);1H. The Balaban J connectivity index is 0.00000336. The van der Waals surface area contributed by atoms with E-state index in [9.17, 15) is 4.79 Å². The number of carbonyl (C=O) groups is 1. The van der Waals surface area contributed by atoms with Crippen molar-refractivity contribution in [1.82, 2.24) is 9.80 Å². The van der Waals surface area contributed by atoms with E-state index in [1.165, 1.54) is 29.7 Å². The number of para-hydroxylation sites is 1. The maximum absolute atomic E-state index is 12.6. The van der Waals surface area contributed by atoms with Crippen LogP contribution in [-0.4, -0.2) is 67.6 Å². The van der Waals surface area contributed by atoms with Crippen LogP contribution in [0.3, 0.4) is 0 Å². The molecule has 1 heterocycles. The van der Waals surface area contributed by atoms with Crippen molar-refractivity contribution < 1.29 is 4.79 Å². The molecule has 3 aromatic carbocycles. The van der Waals surface area contributed by atoms with Gasteiger partial charge in [0.15, 0.2) is 0 Å². The van der Waals surface area contributed by atoms with Crippen LogP contribution >= 0.6 is 12.4 Å². The number of rotatable bonds is 9. The third kappa shape index (κ3) is 7.16. The minimum absolute atomic E-state index is 0. The zero-order chi connectivity index (χ0) is 25.5. The molecule has 1 unspecified atom stereocenters. The molecule has 38 heavy (non-hydrogen) atoms. The van der Waals surface area contributed by atoms with Gasteiger partial charge in [0.25, 0.3) is 5.91 Å². The van der Waals surface area contributed by atoms with Gasteiger partial charge >= 0.3 is 0 Å². The van der Waals surface area contributed by atoms with Crippen molar-refractivity contribution in [3.8, 4) is 0 Å². The molecule has 1 fully saturated rings. The Morgan fingerprint density at radius 1 is 0.895 bits per heavy atom. The monoisotopic (exact) mass is 532 g/mol.